The zero-order valence-electron chi connectivity index (χ0n) is 27.2. The summed E-state index contributed by atoms with van der Waals surface area (Å²) in [6.45, 7) is 2.66. The smallest absolute Gasteiger partial charge is 0.266 e. The number of amides is 1. The molecule has 0 saturated carbocycles. The molecule has 0 bridgehead atoms. The number of carbonyl (C=O) groups is 1. The Bertz CT molecular complexity index is 2170. The van der Waals surface area contributed by atoms with Crippen LogP contribution in [-0.4, -0.2) is 32.9 Å². The molecule has 8 rings (SSSR count). The van der Waals surface area contributed by atoms with Crippen LogP contribution in [0.4, 0.5) is 5.69 Å². The number of aromatic nitrogens is 3. The predicted octanol–water partition coefficient (Wildman–Crippen LogP) is 8.49. The topological polar surface area (TPSA) is 72.2 Å². The lowest BCUT2D eigenvalue weighted by molar-refractivity contribution is -0.114. The Labute approximate surface area is 285 Å². The molecule has 238 valence electrons. The van der Waals surface area contributed by atoms with Crippen LogP contribution in [0, 0.1) is 0 Å². The van der Waals surface area contributed by atoms with Gasteiger partial charge in [0.2, 0.25) is 0 Å². The predicted molar refractivity (Wildman–Crippen MR) is 196 cm³/mol. The minimum absolute atomic E-state index is 0.133. The molecule has 1 aliphatic heterocycles. The Kier molecular flexibility index (Phi) is 7.90. The third-order valence-electron chi connectivity index (χ3n) is 9.54. The average molecular weight is 638 g/mol. The van der Waals surface area contributed by atoms with Gasteiger partial charge in [0, 0.05) is 36.3 Å². The second-order valence-electron chi connectivity index (χ2n) is 12.6. The van der Waals surface area contributed by atoms with E-state index in [0.29, 0.717) is 18.7 Å². The number of aliphatic imine (C=N–C) groups is 1. The van der Waals surface area contributed by atoms with E-state index in [2.05, 4.69) is 119 Å². The van der Waals surface area contributed by atoms with E-state index in [1.165, 1.54) is 5.56 Å². The first-order chi connectivity index (χ1) is 24.1. The van der Waals surface area contributed by atoms with Gasteiger partial charge in [0.05, 0.1) is 11.2 Å². The number of carbonyl (C=O) groups excluding carboxylic acids is 1. The lowest BCUT2D eigenvalue weighted by Crippen LogP contribution is -2.38. The highest BCUT2D eigenvalue weighted by Gasteiger charge is 2.41. The Balaban J connectivity index is 1.29. The van der Waals surface area contributed by atoms with Crippen molar-refractivity contribution in [2.24, 2.45) is 4.99 Å². The normalized spacial score (nSPS) is 13.1. The van der Waals surface area contributed by atoms with Crippen LogP contribution in [0.3, 0.4) is 0 Å². The van der Waals surface area contributed by atoms with Crippen LogP contribution in [0.25, 0.3) is 22.2 Å². The molecule has 2 aromatic heterocycles. The van der Waals surface area contributed by atoms with Gasteiger partial charge >= 0.3 is 0 Å². The second kappa shape index (κ2) is 12.8. The summed E-state index contributed by atoms with van der Waals surface area (Å²) in [5.41, 5.74) is 8.70. The molecule has 0 spiro atoms. The fraction of sp³-hybridized carbons (Fsp3) is 0.116. The Morgan fingerprint density at radius 3 is 1.88 bits per heavy atom. The Morgan fingerprint density at radius 1 is 0.755 bits per heavy atom. The van der Waals surface area contributed by atoms with Crippen LogP contribution in [0.15, 0.2) is 163 Å². The zero-order chi connectivity index (χ0) is 33.2. The van der Waals surface area contributed by atoms with Gasteiger partial charge in [-0.25, -0.2) is 9.67 Å². The van der Waals surface area contributed by atoms with Gasteiger partial charge in [0.25, 0.3) is 5.91 Å². The lowest BCUT2D eigenvalue weighted by atomic mass is 9.77. The molecule has 6 heteroatoms. The number of pyridine rings is 1. The van der Waals surface area contributed by atoms with Crippen LogP contribution >= 0.6 is 0 Å². The summed E-state index contributed by atoms with van der Waals surface area (Å²) in [6.07, 6.45) is 4.04. The molecule has 5 aromatic carbocycles. The van der Waals surface area contributed by atoms with Crippen molar-refractivity contribution in [1.82, 2.24) is 20.1 Å². The van der Waals surface area contributed by atoms with Crippen LogP contribution in [0.1, 0.15) is 40.7 Å². The molecule has 3 heterocycles. The minimum atomic E-state index is -0.811. The van der Waals surface area contributed by atoms with E-state index in [1.807, 2.05) is 48.5 Å². The summed E-state index contributed by atoms with van der Waals surface area (Å²) < 4.78 is 2.18. The number of fused-ring (bicyclic) bond motifs is 2. The summed E-state index contributed by atoms with van der Waals surface area (Å²) in [7, 11) is 0. The van der Waals surface area contributed by atoms with Gasteiger partial charge in [-0.1, -0.05) is 128 Å². The highest BCUT2D eigenvalue weighted by molar-refractivity contribution is 6.41. The van der Waals surface area contributed by atoms with Gasteiger partial charge in [-0.3, -0.25) is 9.78 Å². The van der Waals surface area contributed by atoms with E-state index in [0.717, 1.165) is 50.1 Å². The molecule has 7 aromatic rings. The number of hydrogen-bond donors (Lipinski definition) is 1. The first-order valence-electron chi connectivity index (χ1n) is 16.7. The van der Waals surface area contributed by atoms with Crippen LogP contribution in [0.5, 0.6) is 0 Å². The minimum Gasteiger partial charge on any atom is -0.350 e. The average Bonchev–Trinajstić information content (AvgIpc) is 3.77. The SMILES string of the molecule is C[C@@H](CNC(=O)C1=Nc2cc3c(-c4ccncc4)nn(C(c4ccccc4)(c4ccccc4)c4ccccc4)c3cc2C1)c1ccccc1. The van der Waals surface area contributed by atoms with Crippen molar-refractivity contribution in [3.05, 3.63) is 186 Å². The standard InChI is InChI=1S/C43H35N5O/c1-30(31-14-6-2-7-15-31)29-45-42(49)39-26-33-27-40-37(28-38(33)46-39)41(32-22-24-44-25-23-32)47-48(40)43(34-16-8-3-9-17-34,35-18-10-4-11-19-35)36-20-12-5-13-21-36/h2-25,27-28,30H,26,29H2,1H3,(H,45,49)/t30-/m0/s1. The van der Waals surface area contributed by atoms with E-state index in [9.17, 15) is 4.79 Å². The van der Waals surface area contributed by atoms with E-state index < -0.39 is 5.54 Å². The van der Waals surface area contributed by atoms with Gasteiger partial charge in [0.1, 0.15) is 16.9 Å². The van der Waals surface area contributed by atoms with Gasteiger partial charge in [0.15, 0.2) is 0 Å². The van der Waals surface area contributed by atoms with Crippen molar-refractivity contribution in [3.8, 4) is 11.3 Å². The summed E-state index contributed by atoms with van der Waals surface area (Å²) in [4.78, 5) is 22.7. The van der Waals surface area contributed by atoms with Gasteiger partial charge < -0.3 is 5.32 Å². The monoisotopic (exact) mass is 637 g/mol. The molecular formula is C43H35N5O. The van der Waals surface area contributed by atoms with E-state index >= 15 is 0 Å². The fourth-order valence-electron chi connectivity index (χ4n) is 7.07. The maximum atomic E-state index is 13.5. The van der Waals surface area contributed by atoms with Gasteiger partial charge in [-0.05, 0) is 58.0 Å². The molecule has 1 N–H and O–H groups in total. The molecule has 49 heavy (non-hydrogen) atoms. The number of benzene rings is 5. The molecule has 0 unspecified atom stereocenters. The van der Waals surface area contributed by atoms with Crippen molar-refractivity contribution in [3.63, 3.8) is 0 Å². The van der Waals surface area contributed by atoms with Crippen LogP contribution in [-0.2, 0) is 16.8 Å². The molecule has 0 fully saturated rings. The highest BCUT2D eigenvalue weighted by atomic mass is 16.1. The van der Waals surface area contributed by atoms with E-state index in [4.69, 9.17) is 10.1 Å². The molecule has 1 atom stereocenters. The first kappa shape index (κ1) is 30.2. The quantitative estimate of drug-likeness (QED) is 0.161. The number of nitrogens with zero attached hydrogens (tertiary/aromatic N) is 4. The summed E-state index contributed by atoms with van der Waals surface area (Å²) >= 11 is 0. The van der Waals surface area contributed by atoms with Crippen LogP contribution in [0.2, 0.25) is 0 Å². The third-order valence-corrected chi connectivity index (χ3v) is 9.54. The molecule has 1 aliphatic rings. The summed E-state index contributed by atoms with van der Waals surface area (Å²) in [6, 6.07) is 50.2. The van der Waals surface area contributed by atoms with Crippen molar-refractivity contribution in [1.29, 1.82) is 0 Å². The molecule has 1 amide bonds. The summed E-state index contributed by atoms with van der Waals surface area (Å²) in [5, 5.41) is 9.59. The maximum absolute atomic E-state index is 13.5. The number of rotatable bonds is 9. The van der Waals surface area contributed by atoms with Crippen molar-refractivity contribution in [2.75, 3.05) is 6.54 Å². The molecule has 0 radical (unpaired) electrons. The largest absolute Gasteiger partial charge is 0.350 e. The lowest BCUT2D eigenvalue weighted by Gasteiger charge is -2.37. The van der Waals surface area contributed by atoms with Crippen molar-refractivity contribution < 1.29 is 4.79 Å². The maximum Gasteiger partial charge on any atom is 0.266 e. The van der Waals surface area contributed by atoms with Gasteiger partial charge in [-0.2, -0.15) is 5.10 Å². The van der Waals surface area contributed by atoms with E-state index in [1.54, 1.807) is 12.4 Å². The Hall–Kier alpha value is -6.14. The number of nitrogens with one attached hydrogen (secondary N) is 1. The Morgan fingerprint density at radius 2 is 1.31 bits per heavy atom. The first-order valence-corrected chi connectivity index (χ1v) is 16.7. The third kappa shape index (κ3) is 5.41. The molecule has 0 saturated heterocycles. The molecular weight excluding hydrogens is 603 g/mol. The van der Waals surface area contributed by atoms with Crippen molar-refractivity contribution in [2.45, 2.75) is 24.8 Å². The van der Waals surface area contributed by atoms with Crippen LogP contribution < -0.4 is 5.32 Å². The molecule has 0 aliphatic carbocycles. The number of hydrogen-bond acceptors (Lipinski definition) is 4. The molecule has 6 nitrogen and oxygen atoms in total. The highest BCUT2D eigenvalue weighted by Crippen LogP contribution is 2.45. The second-order valence-corrected chi connectivity index (χ2v) is 12.6. The fourth-order valence-corrected chi connectivity index (χ4v) is 7.07. The van der Waals surface area contributed by atoms with Gasteiger partial charge in [-0.15, -0.1) is 0 Å². The van der Waals surface area contributed by atoms with Crippen molar-refractivity contribution >= 4 is 28.2 Å². The summed E-state index contributed by atoms with van der Waals surface area (Å²) in [5.74, 6) is 0.0549. The zero-order valence-corrected chi connectivity index (χ0v) is 27.2. The van der Waals surface area contributed by atoms with E-state index in [-0.39, 0.29) is 11.8 Å².